The normalized spacial score (nSPS) is 19.8. The predicted molar refractivity (Wildman–Crippen MR) is 72.4 cm³/mol. The van der Waals surface area contributed by atoms with E-state index in [4.69, 9.17) is 5.11 Å². The van der Waals surface area contributed by atoms with Crippen LogP contribution in [0.15, 0.2) is 12.4 Å². The Morgan fingerprint density at radius 2 is 1.83 bits per heavy atom. The molecule has 0 unspecified atom stereocenters. The fraction of sp³-hybridized carbons (Fsp3) is 0.714. The van der Waals surface area contributed by atoms with Crippen molar-refractivity contribution in [1.82, 2.24) is 9.97 Å². The summed E-state index contributed by atoms with van der Waals surface area (Å²) in [5.41, 5.74) is 1.25. The van der Waals surface area contributed by atoms with Crippen LogP contribution in [0.1, 0.15) is 45.1 Å². The Morgan fingerprint density at radius 3 is 2.33 bits per heavy atom. The maximum atomic E-state index is 8.98. The van der Waals surface area contributed by atoms with Crippen LogP contribution in [-0.4, -0.2) is 28.2 Å². The Labute approximate surface area is 109 Å². The van der Waals surface area contributed by atoms with Gasteiger partial charge in [-0.3, -0.25) is 0 Å². The van der Waals surface area contributed by atoms with Crippen LogP contribution in [-0.2, 0) is 6.61 Å². The first kappa shape index (κ1) is 13.3. The largest absolute Gasteiger partial charge is 0.392 e. The molecule has 0 spiro atoms. The Kier molecular flexibility index (Phi) is 3.85. The lowest BCUT2D eigenvalue weighted by atomic mass is 9.75. The molecule has 1 aromatic heterocycles. The smallest absolute Gasteiger partial charge is 0.225 e. The third kappa shape index (κ3) is 2.99. The first-order valence-electron chi connectivity index (χ1n) is 6.66. The lowest BCUT2D eigenvalue weighted by molar-refractivity contribution is 0.222. The molecule has 100 valence electrons. The Morgan fingerprint density at radius 1 is 1.28 bits per heavy atom. The van der Waals surface area contributed by atoms with Crippen molar-refractivity contribution in [3.8, 4) is 0 Å². The van der Waals surface area contributed by atoms with E-state index in [1.807, 2.05) is 0 Å². The van der Waals surface area contributed by atoms with E-state index in [1.54, 1.807) is 12.4 Å². The van der Waals surface area contributed by atoms with Gasteiger partial charge in [0.15, 0.2) is 0 Å². The van der Waals surface area contributed by atoms with Gasteiger partial charge in [0, 0.05) is 31.0 Å². The lowest BCUT2D eigenvalue weighted by Crippen LogP contribution is -2.38. The first-order chi connectivity index (χ1) is 8.52. The number of aliphatic hydroxyl groups is 1. The summed E-state index contributed by atoms with van der Waals surface area (Å²) in [6, 6.07) is 0.540. The minimum Gasteiger partial charge on any atom is -0.392 e. The molecule has 1 N–H and O–H groups in total. The van der Waals surface area contributed by atoms with E-state index >= 15 is 0 Å². The van der Waals surface area contributed by atoms with Gasteiger partial charge in [-0.15, -0.1) is 0 Å². The molecule has 4 nitrogen and oxygen atoms in total. The number of hydrogen-bond donors (Lipinski definition) is 1. The first-order valence-corrected chi connectivity index (χ1v) is 6.66. The molecule has 0 bridgehead atoms. The highest BCUT2D eigenvalue weighted by Crippen LogP contribution is 2.37. The quantitative estimate of drug-likeness (QED) is 0.893. The van der Waals surface area contributed by atoms with Gasteiger partial charge in [-0.25, -0.2) is 9.97 Å². The summed E-state index contributed by atoms with van der Waals surface area (Å²) >= 11 is 0. The molecule has 0 aliphatic heterocycles. The van der Waals surface area contributed by atoms with Crippen LogP contribution in [0.25, 0.3) is 0 Å². The second-order valence-corrected chi connectivity index (χ2v) is 6.06. The zero-order valence-corrected chi connectivity index (χ0v) is 11.6. The number of anilines is 1. The molecular formula is C14H23N3O. The molecule has 4 heteroatoms. The van der Waals surface area contributed by atoms with Gasteiger partial charge in [-0.2, -0.15) is 0 Å². The summed E-state index contributed by atoms with van der Waals surface area (Å²) in [4.78, 5) is 10.8. The maximum absolute atomic E-state index is 8.98. The van der Waals surface area contributed by atoms with Crippen molar-refractivity contribution in [3.63, 3.8) is 0 Å². The van der Waals surface area contributed by atoms with Crippen LogP contribution >= 0.6 is 0 Å². The van der Waals surface area contributed by atoms with E-state index < -0.39 is 0 Å². The van der Waals surface area contributed by atoms with Crippen molar-refractivity contribution in [2.24, 2.45) is 5.41 Å². The highest BCUT2D eigenvalue weighted by Gasteiger charge is 2.29. The van der Waals surface area contributed by atoms with E-state index in [-0.39, 0.29) is 6.61 Å². The Balaban J connectivity index is 2.00. The van der Waals surface area contributed by atoms with Gasteiger partial charge in [-0.05, 0) is 31.1 Å². The molecule has 1 saturated carbocycles. The lowest BCUT2D eigenvalue weighted by Gasteiger charge is -2.38. The van der Waals surface area contributed by atoms with Crippen molar-refractivity contribution in [2.75, 3.05) is 11.9 Å². The molecular weight excluding hydrogens is 226 g/mol. The number of nitrogens with zero attached hydrogens (tertiary/aromatic N) is 3. The zero-order valence-electron chi connectivity index (χ0n) is 11.6. The zero-order chi connectivity index (χ0) is 13.2. The average Bonchev–Trinajstić information content (AvgIpc) is 2.38. The van der Waals surface area contributed by atoms with Crippen molar-refractivity contribution in [2.45, 2.75) is 52.2 Å². The fourth-order valence-corrected chi connectivity index (χ4v) is 2.55. The molecule has 18 heavy (non-hydrogen) atoms. The minimum atomic E-state index is 0.00160. The molecule has 0 radical (unpaired) electrons. The second kappa shape index (κ2) is 5.22. The predicted octanol–water partition coefficient (Wildman–Crippen LogP) is 2.37. The van der Waals surface area contributed by atoms with Gasteiger partial charge >= 0.3 is 0 Å². The van der Waals surface area contributed by atoms with Crippen LogP contribution in [0.5, 0.6) is 0 Å². The SMILES string of the molecule is CN(c1ncc(CO)cn1)C1CCC(C)(C)CC1. The maximum Gasteiger partial charge on any atom is 0.225 e. The number of rotatable bonds is 3. The van der Waals surface area contributed by atoms with Crippen molar-refractivity contribution in [1.29, 1.82) is 0 Å². The third-order valence-corrected chi connectivity index (χ3v) is 4.05. The van der Waals surface area contributed by atoms with Crippen molar-refractivity contribution < 1.29 is 5.11 Å². The van der Waals surface area contributed by atoms with E-state index in [0.29, 0.717) is 11.5 Å². The van der Waals surface area contributed by atoms with E-state index in [2.05, 4.69) is 35.8 Å². The molecule has 0 amide bonds. The van der Waals surface area contributed by atoms with Gasteiger partial charge in [-0.1, -0.05) is 13.8 Å². The molecule has 1 aromatic rings. The van der Waals surface area contributed by atoms with Crippen LogP contribution in [0, 0.1) is 5.41 Å². The summed E-state index contributed by atoms with van der Waals surface area (Å²) in [6.45, 7) is 4.69. The molecule has 1 fully saturated rings. The van der Waals surface area contributed by atoms with Gasteiger partial charge in [0.2, 0.25) is 5.95 Å². The third-order valence-electron chi connectivity index (χ3n) is 4.05. The van der Waals surface area contributed by atoms with Crippen molar-refractivity contribution in [3.05, 3.63) is 18.0 Å². The molecule has 1 aliphatic carbocycles. The second-order valence-electron chi connectivity index (χ2n) is 6.06. The van der Waals surface area contributed by atoms with Gasteiger partial charge in [0.25, 0.3) is 0 Å². The van der Waals surface area contributed by atoms with E-state index in [1.165, 1.54) is 25.7 Å². The van der Waals surface area contributed by atoms with Crippen LogP contribution in [0.4, 0.5) is 5.95 Å². The number of hydrogen-bond acceptors (Lipinski definition) is 4. The molecule has 2 rings (SSSR count). The molecule has 1 aliphatic rings. The van der Waals surface area contributed by atoms with Gasteiger partial charge in [0.1, 0.15) is 0 Å². The Hall–Kier alpha value is -1.16. The number of aliphatic hydroxyl groups excluding tert-OH is 1. The highest BCUT2D eigenvalue weighted by molar-refractivity contribution is 5.30. The fourth-order valence-electron chi connectivity index (χ4n) is 2.55. The number of aromatic nitrogens is 2. The van der Waals surface area contributed by atoms with E-state index in [0.717, 1.165) is 11.5 Å². The minimum absolute atomic E-state index is 0.00160. The molecule has 0 saturated heterocycles. The van der Waals surface area contributed by atoms with Gasteiger partial charge < -0.3 is 10.0 Å². The molecule has 0 atom stereocenters. The average molecular weight is 249 g/mol. The Bertz CT molecular complexity index is 379. The van der Waals surface area contributed by atoms with Crippen LogP contribution in [0.2, 0.25) is 0 Å². The summed E-state index contributed by atoms with van der Waals surface area (Å²) in [7, 11) is 2.07. The summed E-state index contributed by atoms with van der Waals surface area (Å²) in [6.07, 6.45) is 8.33. The highest BCUT2D eigenvalue weighted by atomic mass is 16.3. The standard InChI is InChI=1S/C14H23N3O/c1-14(2)6-4-12(5-7-14)17(3)13-15-8-11(10-18)9-16-13/h8-9,12,18H,4-7,10H2,1-3H3. The van der Waals surface area contributed by atoms with E-state index in [9.17, 15) is 0 Å². The topological polar surface area (TPSA) is 49.2 Å². The molecule has 0 aromatic carbocycles. The summed E-state index contributed by atoms with van der Waals surface area (Å²) in [5.74, 6) is 0.761. The monoisotopic (exact) mass is 249 g/mol. The van der Waals surface area contributed by atoms with Crippen LogP contribution in [0.3, 0.4) is 0 Å². The van der Waals surface area contributed by atoms with Crippen LogP contribution < -0.4 is 4.90 Å². The van der Waals surface area contributed by atoms with Crippen molar-refractivity contribution >= 4 is 5.95 Å². The molecule has 1 heterocycles. The summed E-state index contributed by atoms with van der Waals surface area (Å²) < 4.78 is 0. The summed E-state index contributed by atoms with van der Waals surface area (Å²) in [5, 5.41) is 8.98. The van der Waals surface area contributed by atoms with Gasteiger partial charge in [0.05, 0.1) is 6.61 Å².